The topological polar surface area (TPSA) is 65.8 Å². The molecule has 1 N–H and O–H groups in total. The van der Waals surface area contributed by atoms with Crippen LogP contribution in [0.1, 0.15) is 11.1 Å². The van der Waals surface area contributed by atoms with E-state index in [1.807, 2.05) is 0 Å². The lowest BCUT2D eigenvalue weighted by molar-refractivity contribution is -0.138. The number of nitriles is 1. The molecule has 9 heteroatoms. The third-order valence-electron chi connectivity index (χ3n) is 3.16. The Kier molecular flexibility index (Phi) is 5.64. The lowest BCUT2D eigenvalue weighted by atomic mass is 10.1. The molecule has 0 fully saturated rings. The van der Waals surface area contributed by atoms with Crippen molar-refractivity contribution < 1.29 is 22.4 Å². The molecule has 0 saturated carbocycles. The number of amides is 1. The number of alkyl halides is 3. The molecule has 130 valence electrons. The Morgan fingerprint density at radius 1 is 1.32 bits per heavy atom. The fraction of sp³-hybridized carbons (Fsp3) is 0.188. The van der Waals surface area contributed by atoms with Crippen molar-refractivity contribution in [2.45, 2.75) is 11.2 Å². The van der Waals surface area contributed by atoms with Gasteiger partial charge in [0, 0.05) is 12.6 Å². The Balaban J connectivity index is 2.59. The van der Waals surface area contributed by atoms with Crippen molar-refractivity contribution in [2.75, 3.05) is 12.8 Å². The maximum atomic E-state index is 13.3. The van der Waals surface area contributed by atoms with Gasteiger partial charge in [-0.3, -0.25) is 4.79 Å². The second-order valence-electron chi connectivity index (χ2n) is 4.81. The monoisotopic (exact) mass is 369 g/mol. The molecule has 1 amide bonds. The highest BCUT2D eigenvalue weighted by Gasteiger charge is 2.36. The van der Waals surface area contributed by atoms with Gasteiger partial charge in [0.2, 0.25) is 5.91 Å². The zero-order chi connectivity index (χ0) is 18.6. The molecule has 1 aromatic heterocycles. The van der Waals surface area contributed by atoms with Crippen molar-refractivity contribution in [1.29, 1.82) is 5.26 Å². The quantitative estimate of drug-likeness (QED) is 0.660. The molecule has 25 heavy (non-hydrogen) atoms. The van der Waals surface area contributed by atoms with Crippen LogP contribution in [0.25, 0.3) is 11.3 Å². The van der Waals surface area contributed by atoms with Gasteiger partial charge in [0.05, 0.1) is 22.6 Å². The molecule has 0 radical (unpaired) electrons. The Hall–Kier alpha value is -2.60. The van der Waals surface area contributed by atoms with Gasteiger partial charge in [-0.25, -0.2) is 9.37 Å². The predicted octanol–water partition coefficient (Wildman–Crippen LogP) is 3.62. The molecule has 0 atom stereocenters. The number of nitrogens with zero attached hydrogens (tertiary/aromatic N) is 2. The van der Waals surface area contributed by atoms with E-state index in [1.54, 1.807) is 0 Å². The second-order valence-corrected chi connectivity index (χ2v) is 5.78. The molecular weight excluding hydrogens is 358 g/mol. The zero-order valence-corrected chi connectivity index (χ0v) is 13.6. The van der Waals surface area contributed by atoms with Gasteiger partial charge in [0.25, 0.3) is 0 Å². The molecule has 0 bridgehead atoms. The second kappa shape index (κ2) is 7.53. The van der Waals surface area contributed by atoms with Crippen LogP contribution in [0.15, 0.2) is 35.4 Å². The summed E-state index contributed by atoms with van der Waals surface area (Å²) in [5.41, 5.74) is -1.60. The van der Waals surface area contributed by atoms with Crippen LogP contribution in [-0.2, 0) is 11.0 Å². The average Bonchev–Trinajstić information content (AvgIpc) is 2.58. The molecule has 4 nitrogen and oxygen atoms in total. The molecule has 2 rings (SSSR count). The molecule has 0 spiro atoms. The average molecular weight is 369 g/mol. The van der Waals surface area contributed by atoms with Crippen LogP contribution >= 0.6 is 11.8 Å². The number of carbonyl (C=O) groups excluding carboxylic acids is 1. The molecular formula is C16H11F4N3OS. The van der Waals surface area contributed by atoms with E-state index in [1.165, 1.54) is 25.2 Å². The number of hydrogen-bond acceptors (Lipinski definition) is 4. The smallest absolute Gasteiger partial charge is 0.358 e. The lowest BCUT2D eigenvalue weighted by Gasteiger charge is -2.14. The summed E-state index contributed by atoms with van der Waals surface area (Å²) in [5.74, 6) is -1.15. The van der Waals surface area contributed by atoms with Crippen LogP contribution in [0, 0.1) is 17.1 Å². The fourth-order valence-corrected chi connectivity index (χ4v) is 2.81. The fourth-order valence-electron chi connectivity index (χ4n) is 1.93. The molecule has 0 unspecified atom stereocenters. The van der Waals surface area contributed by atoms with Gasteiger partial charge in [-0.15, -0.1) is 0 Å². The van der Waals surface area contributed by atoms with Gasteiger partial charge in [0.15, 0.2) is 0 Å². The number of nitrogens with one attached hydrogen (secondary N) is 1. The van der Waals surface area contributed by atoms with Gasteiger partial charge >= 0.3 is 6.18 Å². The van der Waals surface area contributed by atoms with Crippen LogP contribution in [0.5, 0.6) is 0 Å². The summed E-state index contributed by atoms with van der Waals surface area (Å²) in [6, 6.07) is 7.02. The molecule has 1 heterocycles. The number of halogens is 4. The van der Waals surface area contributed by atoms with E-state index in [2.05, 4.69) is 10.3 Å². The van der Waals surface area contributed by atoms with E-state index < -0.39 is 29.0 Å². The highest BCUT2D eigenvalue weighted by molar-refractivity contribution is 8.00. The van der Waals surface area contributed by atoms with Crippen molar-refractivity contribution >= 4 is 17.7 Å². The van der Waals surface area contributed by atoms with E-state index in [9.17, 15) is 22.4 Å². The lowest BCUT2D eigenvalue weighted by Crippen LogP contribution is -2.20. The minimum absolute atomic E-state index is 0.0641. The van der Waals surface area contributed by atoms with Gasteiger partial charge in [0.1, 0.15) is 16.9 Å². The summed E-state index contributed by atoms with van der Waals surface area (Å²) in [7, 11) is 1.39. The predicted molar refractivity (Wildman–Crippen MR) is 84.1 cm³/mol. The van der Waals surface area contributed by atoms with E-state index in [0.717, 1.165) is 30.0 Å². The van der Waals surface area contributed by atoms with Gasteiger partial charge < -0.3 is 5.32 Å². The summed E-state index contributed by atoms with van der Waals surface area (Å²) in [6.45, 7) is 0. The largest absolute Gasteiger partial charge is 0.417 e. The van der Waals surface area contributed by atoms with Crippen LogP contribution in [0.4, 0.5) is 17.6 Å². The van der Waals surface area contributed by atoms with Crippen LogP contribution in [-0.4, -0.2) is 23.7 Å². The van der Waals surface area contributed by atoms with Crippen LogP contribution < -0.4 is 5.32 Å². The maximum Gasteiger partial charge on any atom is 0.417 e. The third kappa shape index (κ3) is 4.48. The molecule has 0 aliphatic rings. The number of aromatic nitrogens is 1. The molecule has 0 aliphatic heterocycles. The summed E-state index contributed by atoms with van der Waals surface area (Å²) < 4.78 is 53.0. The first-order chi connectivity index (χ1) is 11.8. The first-order valence-electron chi connectivity index (χ1n) is 6.88. The highest BCUT2D eigenvalue weighted by atomic mass is 32.2. The molecule has 1 aromatic carbocycles. The maximum absolute atomic E-state index is 13.3. The Bertz CT molecular complexity index is 829. The molecule has 0 aliphatic carbocycles. The Morgan fingerprint density at radius 2 is 1.96 bits per heavy atom. The summed E-state index contributed by atoms with van der Waals surface area (Å²) in [4.78, 5) is 15.4. The van der Waals surface area contributed by atoms with E-state index >= 15 is 0 Å². The third-order valence-corrected chi connectivity index (χ3v) is 4.14. The number of rotatable bonds is 4. The molecule has 2 aromatic rings. The first kappa shape index (κ1) is 18.7. The SMILES string of the molecule is CNC(=O)CSc1nc(-c2ccc(F)cc2)cc(C(F)(F)F)c1C#N. The van der Waals surface area contributed by atoms with E-state index in [-0.39, 0.29) is 22.0 Å². The standard InChI is InChI=1S/C16H11F4N3OS/c1-22-14(24)8-25-15-11(7-21)12(16(18,19)20)6-13(23-15)9-2-4-10(17)5-3-9/h2-6H,8H2,1H3,(H,22,24). The minimum Gasteiger partial charge on any atom is -0.358 e. The van der Waals surface area contributed by atoms with Crippen molar-refractivity contribution in [1.82, 2.24) is 10.3 Å². The Labute approximate surface area is 144 Å². The highest BCUT2D eigenvalue weighted by Crippen LogP contribution is 2.37. The number of carbonyl (C=O) groups is 1. The van der Waals surface area contributed by atoms with Crippen molar-refractivity contribution in [2.24, 2.45) is 0 Å². The van der Waals surface area contributed by atoms with E-state index in [0.29, 0.717) is 0 Å². The summed E-state index contributed by atoms with van der Waals surface area (Å²) in [6.07, 6.45) is -4.77. The number of thioether (sulfide) groups is 1. The molecule has 0 saturated heterocycles. The van der Waals surface area contributed by atoms with E-state index in [4.69, 9.17) is 5.26 Å². The van der Waals surface area contributed by atoms with Gasteiger partial charge in [-0.05, 0) is 30.3 Å². The summed E-state index contributed by atoms with van der Waals surface area (Å²) >= 11 is 0.727. The zero-order valence-electron chi connectivity index (χ0n) is 12.8. The van der Waals surface area contributed by atoms with Crippen LogP contribution in [0.2, 0.25) is 0 Å². The normalized spacial score (nSPS) is 11.0. The van der Waals surface area contributed by atoms with Crippen molar-refractivity contribution in [3.63, 3.8) is 0 Å². The number of pyridine rings is 1. The number of benzene rings is 1. The Morgan fingerprint density at radius 3 is 2.48 bits per heavy atom. The van der Waals surface area contributed by atoms with Gasteiger partial charge in [-0.1, -0.05) is 11.8 Å². The van der Waals surface area contributed by atoms with Crippen LogP contribution in [0.3, 0.4) is 0 Å². The van der Waals surface area contributed by atoms with Crippen molar-refractivity contribution in [3.05, 3.63) is 47.3 Å². The number of hydrogen-bond donors (Lipinski definition) is 1. The van der Waals surface area contributed by atoms with Crippen molar-refractivity contribution in [3.8, 4) is 17.3 Å². The summed E-state index contributed by atoms with van der Waals surface area (Å²) in [5, 5.41) is 11.3. The first-order valence-corrected chi connectivity index (χ1v) is 7.86. The van der Waals surface area contributed by atoms with Gasteiger partial charge in [-0.2, -0.15) is 18.4 Å². The minimum atomic E-state index is -4.77.